The maximum atomic E-state index is 10.7. The molecule has 0 spiro atoms. The fourth-order valence-corrected chi connectivity index (χ4v) is 2.39. The largest absolute Gasteiger partial charge is 0.368 e. The molecule has 3 N–H and O–H groups in total. The Morgan fingerprint density at radius 2 is 2.50 bits per heavy atom. The molecule has 0 bridgehead atoms. The minimum Gasteiger partial charge on any atom is -0.368 e. The van der Waals surface area contributed by atoms with Gasteiger partial charge in [-0.3, -0.25) is 4.79 Å². The monoisotopic (exact) mass is 188 g/mol. The van der Waals surface area contributed by atoms with Crippen LogP contribution in [0.1, 0.15) is 19.8 Å². The number of nitrogens with one attached hydrogen (secondary N) is 1. The Hall–Kier alpha value is -0.220. The van der Waals surface area contributed by atoms with Crippen molar-refractivity contribution in [2.24, 2.45) is 5.73 Å². The first-order chi connectivity index (χ1) is 5.70. The summed E-state index contributed by atoms with van der Waals surface area (Å²) in [7, 11) is 0. The van der Waals surface area contributed by atoms with E-state index in [1.165, 1.54) is 18.6 Å². The van der Waals surface area contributed by atoms with Gasteiger partial charge in [-0.1, -0.05) is 0 Å². The molecule has 70 valence electrons. The quantitative estimate of drug-likeness (QED) is 0.672. The van der Waals surface area contributed by atoms with Crippen molar-refractivity contribution >= 4 is 17.7 Å². The minimum absolute atomic E-state index is 0.186. The molecule has 12 heavy (non-hydrogen) atoms. The summed E-state index contributed by atoms with van der Waals surface area (Å²) >= 11 is 1.94. The smallest absolute Gasteiger partial charge is 0.234 e. The Morgan fingerprint density at radius 3 is 3.00 bits per heavy atom. The van der Waals surface area contributed by atoms with Crippen LogP contribution in [0.3, 0.4) is 0 Å². The summed E-state index contributed by atoms with van der Waals surface area (Å²) in [5, 5.41) is 3.22. The molecule has 3 nitrogen and oxygen atoms in total. The molecule has 0 saturated carbocycles. The third-order valence-corrected chi connectivity index (χ3v) is 3.29. The van der Waals surface area contributed by atoms with Crippen LogP contribution in [0, 0.1) is 0 Å². The number of amides is 1. The number of carbonyl (C=O) groups excluding carboxylic acids is 1. The van der Waals surface area contributed by atoms with E-state index in [0.29, 0.717) is 6.04 Å². The lowest BCUT2D eigenvalue weighted by atomic mass is 10.1. The molecular weight excluding hydrogens is 172 g/mol. The molecule has 1 aliphatic heterocycles. The van der Waals surface area contributed by atoms with Gasteiger partial charge in [0, 0.05) is 11.8 Å². The summed E-state index contributed by atoms with van der Waals surface area (Å²) in [5.74, 6) is 2.10. The Morgan fingerprint density at radius 1 is 1.75 bits per heavy atom. The van der Waals surface area contributed by atoms with E-state index in [1.807, 2.05) is 18.7 Å². The summed E-state index contributed by atoms with van der Waals surface area (Å²) in [5.41, 5.74) is 5.14. The molecule has 1 fully saturated rings. The van der Waals surface area contributed by atoms with E-state index in [9.17, 15) is 4.79 Å². The number of thioether (sulfide) groups is 1. The van der Waals surface area contributed by atoms with Crippen molar-refractivity contribution in [1.82, 2.24) is 5.32 Å². The van der Waals surface area contributed by atoms with Crippen molar-refractivity contribution < 1.29 is 4.79 Å². The van der Waals surface area contributed by atoms with Gasteiger partial charge in [0.2, 0.25) is 5.91 Å². The van der Waals surface area contributed by atoms with E-state index in [2.05, 4.69) is 5.32 Å². The number of hydrogen-bond donors (Lipinski definition) is 2. The van der Waals surface area contributed by atoms with Gasteiger partial charge in [-0.05, 0) is 25.5 Å². The minimum atomic E-state index is -0.259. The van der Waals surface area contributed by atoms with Gasteiger partial charge in [0.05, 0.1) is 6.04 Å². The lowest BCUT2D eigenvalue weighted by molar-refractivity contribution is -0.119. The molecule has 0 aromatic heterocycles. The Bertz CT molecular complexity index is 157. The summed E-state index contributed by atoms with van der Waals surface area (Å²) in [6.07, 6.45) is 2.42. The standard InChI is InChI=1S/C8H16N2OS/c1-6(8(9)11)10-7-3-2-4-12-5-7/h6-7,10H,2-5H2,1H3,(H2,9,11)/t6-,7?/m0/s1. The van der Waals surface area contributed by atoms with Crippen molar-refractivity contribution in [3.8, 4) is 0 Å². The molecule has 1 rings (SSSR count). The Balaban J connectivity index is 2.24. The van der Waals surface area contributed by atoms with E-state index in [-0.39, 0.29) is 11.9 Å². The molecule has 2 atom stereocenters. The molecule has 0 aromatic rings. The molecule has 1 heterocycles. The van der Waals surface area contributed by atoms with Crippen molar-refractivity contribution in [3.05, 3.63) is 0 Å². The molecule has 4 heteroatoms. The first kappa shape index (κ1) is 9.86. The zero-order valence-electron chi connectivity index (χ0n) is 7.38. The van der Waals surface area contributed by atoms with Crippen LogP contribution in [0.2, 0.25) is 0 Å². The summed E-state index contributed by atoms with van der Waals surface area (Å²) in [4.78, 5) is 10.7. The van der Waals surface area contributed by atoms with E-state index in [4.69, 9.17) is 5.73 Å². The van der Waals surface area contributed by atoms with Crippen LogP contribution in [0.25, 0.3) is 0 Å². The van der Waals surface area contributed by atoms with Gasteiger partial charge in [-0.15, -0.1) is 0 Å². The zero-order valence-corrected chi connectivity index (χ0v) is 8.19. The predicted octanol–water partition coefficient (Wildman–Crippen LogP) is 0.345. The second-order valence-corrected chi connectivity index (χ2v) is 4.35. The average molecular weight is 188 g/mol. The summed E-state index contributed by atoms with van der Waals surface area (Å²) in [6.45, 7) is 1.82. The number of nitrogens with two attached hydrogens (primary N) is 1. The van der Waals surface area contributed by atoms with Gasteiger partial charge in [0.25, 0.3) is 0 Å². The van der Waals surface area contributed by atoms with Gasteiger partial charge in [0.1, 0.15) is 0 Å². The molecule has 0 aliphatic carbocycles. The predicted molar refractivity (Wildman–Crippen MR) is 52.1 cm³/mol. The zero-order chi connectivity index (χ0) is 8.97. The normalized spacial score (nSPS) is 26.6. The van der Waals surface area contributed by atoms with Crippen LogP contribution >= 0.6 is 11.8 Å². The molecule has 0 radical (unpaired) electrons. The van der Waals surface area contributed by atoms with Gasteiger partial charge in [-0.2, -0.15) is 11.8 Å². The lowest BCUT2D eigenvalue weighted by Gasteiger charge is -2.24. The van der Waals surface area contributed by atoms with Crippen molar-refractivity contribution in [1.29, 1.82) is 0 Å². The first-order valence-electron chi connectivity index (χ1n) is 4.33. The Labute approximate surface area is 77.5 Å². The maximum Gasteiger partial charge on any atom is 0.234 e. The number of primary amides is 1. The number of carbonyl (C=O) groups is 1. The van der Waals surface area contributed by atoms with Crippen molar-refractivity contribution in [2.45, 2.75) is 31.8 Å². The second kappa shape index (κ2) is 4.72. The maximum absolute atomic E-state index is 10.7. The first-order valence-corrected chi connectivity index (χ1v) is 5.48. The highest BCUT2D eigenvalue weighted by Crippen LogP contribution is 2.17. The van der Waals surface area contributed by atoms with E-state index < -0.39 is 0 Å². The van der Waals surface area contributed by atoms with Gasteiger partial charge in [-0.25, -0.2) is 0 Å². The SMILES string of the molecule is C[C@H](NC1CCCSC1)C(N)=O. The lowest BCUT2D eigenvalue weighted by Crippen LogP contribution is -2.46. The highest BCUT2D eigenvalue weighted by Gasteiger charge is 2.17. The number of hydrogen-bond acceptors (Lipinski definition) is 3. The van der Waals surface area contributed by atoms with Crippen LogP contribution in [0.4, 0.5) is 0 Å². The van der Waals surface area contributed by atoms with Gasteiger partial charge >= 0.3 is 0 Å². The second-order valence-electron chi connectivity index (χ2n) is 3.20. The highest BCUT2D eigenvalue weighted by atomic mass is 32.2. The molecular formula is C8H16N2OS. The van der Waals surface area contributed by atoms with Crippen LogP contribution in [0.15, 0.2) is 0 Å². The fraction of sp³-hybridized carbons (Fsp3) is 0.875. The fourth-order valence-electron chi connectivity index (χ4n) is 1.31. The van der Waals surface area contributed by atoms with Crippen LogP contribution < -0.4 is 11.1 Å². The van der Waals surface area contributed by atoms with Crippen molar-refractivity contribution in [3.63, 3.8) is 0 Å². The molecule has 0 aromatic carbocycles. The summed E-state index contributed by atoms with van der Waals surface area (Å²) in [6, 6.07) is 0.292. The highest BCUT2D eigenvalue weighted by molar-refractivity contribution is 7.99. The average Bonchev–Trinajstić information content (AvgIpc) is 2.06. The Kier molecular flexibility index (Phi) is 3.88. The third kappa shape index (κ3) is 3.03. The molecule has 1 amide bonds. The van der Waals surface area contributed by atoms with Crippen LogP contribution in [-0.2, 0) is 4.79 Å². The molecule has 1 aliphatic rings. The van der Waals surface area contributed by atoms with E-state index >= 15 is 0 Å². The third-order valence-electron chi connectivity index (χ3n) is 2.07. The van der Waals surface area contributed by atoms with Crippen LogP contribution in [0.5, 0.6) is 0 Å². The summed E-state index contributed by atoms with van der Waals surface area (Å²) < 4.78 is 0. The molecule has 1 unspecified atom stereocenters. The topological polar surface area (TPSA) is 55.1 Å². The molecule has 1 saturated heterocycles. The van der Waals surface area contributed by atoms with Crippen molar-refractivity contribution in [2.75, 3.05) is 11.5 Å². The number of rotatable bonds is 3. The van der Waals surface area contributed by atoms with Gasteiger partial charge < -0.3 is 11.1 Å². The van der Waals surface area contributed by atoms with Crippen LogP contribution in [-0.4, -0.2) is 29.5 Å². The van der Waals surface area contributed by atoms with E-state index in [1.54, 1.807) is 0 Å². The van der Waals surface area contributed by atoms with Gasteiger partial charge in [0.15, 0.2) is 0 Å². The van der Waals surface area contributed by atoms with E-state index in [0.717, 1.165) is 5.75 Å².